The Bertz CT molecular complexity index is 655. The first-order valence-electron chi connectivity index (χ1n) is 4.96. The summed E-state index contributed by atoms with van der Waals surface area (Å²) in [5, 5.41) is 0.784. The minimum atomic E-state index is -0.467. The smallest absolute Gasteiger partial charge is 0.295 e. The summed E-state index contributed by atoms with van der Waals surface area (Å²) in [5.74, 6) is 0.404. The Labute approximate surface area is 113 Å². The lowest BCUT2D eigenvalue weighted by Gasteiger charge is -2.09. The second-order valence-corrected chi connectivity index (χ2v) is 4.39. The molecule has 1 aromatic heterocycles. The maximum Gasteiger partial charge on any atom is 0.295 e. The standard InChI is InChI=1S/C11H9Cl2N3O2/c1-5-9(10(17)16-11(14)15-5)18-8-3-2-6(12)4-7(8)13/h2-4H,1H3,(H3,14,15,16,17). The van der Waals surface area contributed by atoms with Gasteiger partial charge in [-0.25, -0.2) is 4.98 Å². The first-order valence-corrected chi connectivity index (χ1v) is 5.72. The Hall–Kier alpha value is -1.72. The van der Waals surface area contributed by atoms with Gasteiger partial charge in [-0.15, -0.1) is 0 Å². The molecule has 0 bridgehead atoms. The number of benzene rings is 1. The maximum atomic E-state index is 11.7. The zero-order valence-electron chi connectivity index (χ0n) is 9.33. The van der Waals surface area contributed by atoms with E-state index in [1.54, 1.807) is 19.1 Å². The molecule has 0 amide bonds. The topological polar surface area (TPSA) is 81.0 Å². The summed E-state index contributed by atoms with van der Waals surface area (Å²) in [6, 6.07) is 4.70. The summed E-state index contributed by atoms with van der Waals surface area (Å²) in [6.45, 7) is 1.62. The molecule has 0 spiro atoms. The monoisotopic (exact) mass is 285 g/mol. The molecular weight excluding hydrogens is 277 g/mol. The molecule has 7 heteroatoms. The summed E-state index contributed by atoms with van der Waals surface area (Å²) >= 11 is 11.7. The average Bonchev–Trinajstić information content (AvgIpc) is 2.25. The number of hydrogen-bond acceptors (Lipinski definition) is 4. The molecular formula is C11H9Cl2N3O2. The van der Waals surface area contributed by atoms with Crippen LogP contribution < -0.4 is 16.0 Å². The fourth-order valence-corrected chi connectivity index (χ4v) is 1.83. The van der Waals surface area contributed by atoms with Crippen molar-refractivity contribution < 1.29 is 4.74 Å². The molecule has 0 radical (unpaired) electrons. The van der Waals surface area contributed by atoms with Crippen molar-refractivity contribution in [2.45, 2.75) is 6.92 Å². The number of H-pyrrole nitrogens is 1. The molecule has 0 saturated heterocycles. The number of aromatic amines is 1. The van der Waals surface area contributed by atoms with E-state index in [-0.39, 0.29) is 11.7 Å². The van der Waals surface area contributed by atoms with Crippen molar-refractivity contribution in [3.63, 3.8) is 0 Å². The third-order valence-electron chi connectivity index (χ3n) is 2.17. The Morgan fingerprint density at radius 2 is 2.11 bits per heavy atom. The predicted octanol–water partition coefficient (Wildman–Crippen LogP) is 2.76. The summed E-state index contributed by atoms with van der Waals surface area (Å²) in [4.78, 5) is 17.9. The highest BCUT2D eigenvalue weighted by Gasteiger charge is 2.11. The lowest BCUT2D eigenvalue weighted by molar-refractivity contribution is 0.468. The number of anilines is 1. The van der Waals surface area contributed by atoms with Crippen LogP contribution in [0.2, 0.25) is 10.0 Å². The quantitative estimate of drug-likeness (QED) is 0.889. The second kappa shape index (κ2) is 4.88. The number of halogens is 2. The molecule has 2 rings (SSSR count). The molecule has 1 heterocycles. The number of ether oxygens (including phenoxy) is 1. The van der Waals surface area contributed by atoms with Crippen molar-refractivity contribution in [3.05, 3.63) is 44.3 Å². The van der Waals surface area contributed by atoms with Crippen LogP contribution in [0, 0.1) is 6.92 Å². The van der Waals surface area contributed by atoms with Crippen molar-refractivity contribution in [2.24, 2.45) is 0 Å². The molecule has 5 nitrogen and oxygen atoms in total. The zero-order chi connectivity index (χ0) is 13.3. The molecule has 2 aromatic rings. The fourth-order valence-electron chi connectivity index (χ4n) is 1.38. The molecule has 18 heavy (non-hydrogen) atoms. The van der Waals surface area contributed by atoms with Crippen LogP contribution in [0.3, 0.4) is 0 Å². The molecule has 0 aliphatic heterocycles. The normalized spacial score (nSPS) is 10.4. The molecule has 0 unspecified atom stereocenters. The number of hydrogen-bond donors (Lipinski definition) is 2. The third kappa shape index (κ3) is 2.57. The predicted molar refractivity (Wildman–Crippen MR) is 70.5 cm³/mol. The van der Waals surface area contributed by atoms with E-state index in [4.69, 9.17) is 33.7 Å². The molecule has 0 aliphatic rings. The van der Waals surface area contributed by atoms with E-state index in [0.29, 0.717) is 21.5 Å². The fraction of sp³-hybridized carbons (Fsp3) is 0.0909. The van der Waals surface area contributed by atoms with Gasteiger partial charge in [-0.05, 0) is 25.1 Å². The molecule has 0 fully saturated rings. The van der Waals surface area contributed by atoms with Crippen LogP contribution in [-0.2, 0) is 0 Å². The largest absolute Gasteiger partial charge is 0.448 e. The number of nitrogen functional groups attached to an aromatic ring is 1. The molecule has 0 atom stereocenters. The van der Waals surface area contributed by atoms with Gasteiger partial charge in [0, 0.05) is 5.02 Å². The van der Waals surface area contributed by atoms with Gasteiger partial charge in [0.05, 0.1) is 10.7 Å². The summed E-state index contributed by atoms with van der Waals surface area (Å²) in [5.41, 5.74) is 5.32. The van der Waals surface area contributed by atoms with Gasteiger partial charge in [0.1, 0.15) is 5.75 Å². The van der Waals surface area contributed by atoms with E-state index in [9.17, 15) is 4.79 Å². The zero-order valence-corrected chi connectivity index (χ0v) is 10.8. The second-order valence-electron chi connectivity index (χ2n) is 3.54. The number of rotatable bonds is 2. The molecule has 94 valence electrons. The van der Waals surface area contributed by atoms with E-state index in [0.717, 1.165) is 0 Å². The summed E-state index contributed by atoms with van der Waals surface area (Å²) < 4.78 is 5.43. The van der Waals surface area contributed by atoms with E-state index in [1.165, 1.54) is 6.07 Å². The van der Waals surface area contributed by atoms with Gasteiger partial charge in [-0.2, -0.15) is 0 Å². The van der Waals surface area contributed by atoms with Crippen molar-refractivity contribution >= 4 is 29.2 Å². The maximum absolute atomic E-state index is 11.7. The summed E-state index contributed by atoms with van der Waals surface area (Å²) in [7, 11) is 0. The SMILES string of the molecule is Cc1nc(N)[nH]c(=O)c1Oc1ccc(Cl)cc1Cl. The van der Waals surface area contributed by atoms with Crippen LogP contribution in [0.5, 0.6) is 11.5 Å². The van der Waals surface area contributed by atoms with E-state index in [2.05, 4.69) is 9.97 Å². The van der Waals surface area contributed by atoms with Gasteiger partial charge >= 0.3 is 0 Å². The number of nitrogens with two attached hydrogens (primary N) is 1. The van der Waals surface area contributed by atoms with Crippen LogP contribution in [0.1, 0.15) is 5.69 Å². The first kappa shape index (κ1) is 12.7. The molecule has 0 aliphatic carbocycles. The number of aromatic nitrogens is 2. The minimum absolute atomic E-state index is 0.0343. The van der Waals surface area contributed by atoms with Gasteiger partial charge in [0.15, 0.2) is 0 Å². The van der Waals surface area contributed by atoms with E-state index >= 15 is 0 Å². The number of aryl methyl sites for hydroxylation is 1. The van der Waals surface area contributed by atoms with Crippen molar-refractivity contribution in [2.75, 3.05) is 5.73 Å². The lowest BCUT2D eigenvalue weighted by Crippen LogP contribution is -2.14. The van der Waals surface area contributed by atoms with Crippen LogP contribution in [0.15, 0.2) is 23.0 Å². The Balaban J connectivity index is 2.43. The van der Waals surface area contributed by atoms with Crippen molar-refractivity contribution in [1.82, 2.24) is 9.97 Å². The lowest BCUT2D eigenvalue weighted by atomic mass is 10.3. The van der Waals surface area contributed by atoms with Crippen molar-refractivity contribution in [3.8, 4) is 11.5 Å². The molecule has 1 aromatic carbocycles. The molecule has 3 N–H and O–H groups in total. The van der Waals surface area contributed by atoms with Gasteiger partial charge in [0.25, 0.3) is 5.56 Å². The van der Waals surface area contributed by atoms with Gasteiger partial charge < -0.3 is 10.5 Å². The van der Waals surface area contributed by atoms with E-state index < -0.39 is 5.56 Å². The Morgan fingerprint density at radius 3 is 2.72 bits per heavy atom. The molecule has 0 saturated carbocycles. The highest BCUT2D eigenvalue weighted by atomic mass is 35.5. The number of nitrogens with one attached hydrogen (secondary N) is 1. The Kier molecular flexibility index (Phi) is 3.45. The van der Waals surface area contributed by atoms with Gasteiger partial charge in [-0.3, -0.25) is 9.78 Å². The van der Waals surface area contributed by atoms with Crippen LogP contribution in [0.4, 0.5) is 5.95 Å². The van der Waals surface area contributed by atoms with Crippen LogP contribution in [-0.4, -0.2) is 9.97 Å². The number of nitrogens with zero attached hydrogens (tertiary/aromatic N) is 1. The summed E-state index contributed by atoms with van der Waals surface area (Å²) in [6.07, 6.45) is 0. The van der Waals surface area contributed by atoms with Crippen LogP contribution in [0.25, 0.3) is 0 Å². The van der Waals surface area contributed by atoms with Gasteiger partial charge in [-0.1, -0.05) is 23.2 Å². The van der Waals surface area contributed by atoms with Gasteiger partial charge in [0.2, 0.25) is 11.7 Å². The minimum Gasteiger partial charge on any atom is -0.448 e. The van der Waals surface area contributed by atoms with E-state index in [1.807, 2.05) is 0 Å². The van der Waals surface area contributed by atoms with Crippen molar-refractivity contribution in [1.29, 1.82) is 0 Å². The Morgan fingerprint density at radius 1 is 1.39 bits per heavy atom. The highest BCUT2D eigenvalue weighted by Crippen LogP contribution is 2.31. The van der Waals surface area contributed by atoms with Crippen LogP contribution >= 0.6 is 23.2 Å². The third-order valence-corrected chi connectivity index (χ3v) is 2.70. The first-order chi connectivity index (χ1) is 8.47. The average molecular weight is 286 g/mol. The highest BCUT2D eigenvalue weighted by molar-refractivity contribution is 6.35.